The van der Waals surface area contributed by atoms with E-state index in [4.69, 9.17) is 5.73 Å². The molecule has 0 aromatic carbocycles. The Labute approximate surface area is 117 Å². The summed E-state index contributed by atoms with van der Waals surface area (Å²) in [6.07, 6.45) is 3.68. The number of rotatable bonds is 3. The van der Waals surface area contributed by atoms with E-state index in [0.29, 0.717) is 19.0 Å². The van der Waals surface area contributed by atoms with Gasteiger partial charge in [0.25, 0.3) is 0 Å². The van der Waals surface area contributed by atoms with Gasteiger partial charge in [-0.15, -0.1) is 0 Å². The molecule has 1 heterocycles. The highest BCUT2D eigenvalue weighted by Gasteiger charge is 2.40. The van der Waals surface area contributed by atoms with E-state index in [0.717, 1.165) is 19.6 Å². The number of hydrogen-bond acceptors (Lipinski definition) is 4. The predicted octanol–water partition coefficient (Wildman–Crippen LogP) is 0.327. The minimum Gasteiger partial charge on any atom is -0.327 e. The number of sulfonamides is 1. The number of nitrogens with zero attached hydrogens (tertiary/aromatic N) is 2. The van der Waals surface area contributed by atoms with E-state index in [1.54, 1.807) is 4.31 Å². The second kappa shape index (κ2) is 5.31. The largest absolute Gasteiger partial charge is 0.327 e. The lowest BCUT2D eigenvalue weighted by molar-refractivity contribution is 0.154. The van der Waals surface area contributed by atoms with Crippen LogP contribution in [0.2, 0.25) is 0 Å². The summed E-state index contributed by atoms with van der Waals surface area (Å²) in [7, 11) is -3.02. The molecule has 1 aliphatic heterocycles. The van der Waals surface area contributed by atoms with Gasteiger partial charge < -0.3 is 10.6 Å². The second-order valence-electron chi connectivity index (χ2n) is 6.78. The van der Waals surface area contributed by atoms with Gasteiger partial charge in [-0.2, -0.15) is 4.31 Å². The van der Waals surface area contributed by atoms with Gasteiger partial charge in [0.05, 0.1) is 6.26 Å². The van der Waals surface area contributed by atoms with Crippen LogP contribution in [0.4, 0.5) is 0 Å². The first kappa shape index (κ1) is 15.2. The first-order valence-corrected chi connectivity index (χ1v) is 8.98. The molecular formula is C13H27N3O2S. The van der Waals surface area contributed by atoms with Gasteiger partial charge in [-0.25, -0.2) is 8.42 Å². The van der Waals surface area contributed by atoms with Gasteiger partial charge in [-0.3, -0.25) is 0 Å². The van der Waals surface area contributed by atoms with Crippen molar-refractivity contribution in [2.24, 2.45) is 17.1 Å². The van der Waals surface area contributed by atoms with Gasteiger partial charge in [-0.05, 0) is 24.2 Å². The zero-order valence-corrected chi connectivity index (χ0v) is 13.1. The van der Waals surface area contributed by atoms with E-state index in [-0.39, 0.29) is 11.5 Å². The van der Waals surface area contributed by atoms with Crippen LogP contribution in [0.5, 0.6) is 0 Å². The Hall–Kier alpha value is -0.170. The molecule has 19 heavy (non-hydrogen) atoms. The zero-order valence-electron chi connectivity index (χ0n) is 12.3. The van der Waals surface area contributed by atoms with Gasteiger partial charge in [0, 0.05) is 38.8 Å². The van der Waals surface area contributed by atoms with Crippen LogP contribution >= 0.6 is 0 Å². The Bertz CT molecular complexity index is 414. The van der Waals surface area contributed by atoms with E-state index in [9.17, 15) is 8.42 Å². The lowest BCUT2D eigenvalue weighted by Gasteiger charge is -2.36. The molecule has 0 spiro atoms. The van der Waals surface area contributed by atoms with Crippen LogP contribution in [0.3, 0.4) is 0 Å². The lowest BCUT2D eigenvalue weighted by atomic mass is 9.85. The first-order valence-electron chi connectivity index (χ1n) is 7.13. The highest BCUT2D eigenvalue weighted by Crippen LogP contribution is 2.40. The van der Waals surface area contributed by atoms with Gasteiger partial charge in [0.2, 0.25) is 10.0 Å². The molecule has 2 fully saturated rings. The van der Waals surface area contributed by atoms with Gasteiger partial charge in [0.1, 0.15) is 0 Å². The van der Waals surface area contributed by atoms with Crippen molar-refractivity contribution in [2.75, 3.05) is 39.0 Å². The van der Waals surface area contributed by atoms with Crippen LogP contribution in [0.1, 0.15) is 26.7 Å². The van der Waals surface area contributed by atoms with Crippen molar-refractivity contribution in [2.45, 2.75) is 32.7 Å². The van der Waals surface area contributed by atoms with Crippen molar-refractivity contribution >= 4 is 10.0 Å². The minimum atomic E-state index is -3.02. The molecule has 1 aliphatic carbocycles. The van der Waals surface area contributed by atoms with Gasteiger partial charge >= 0.3 is 0 Å². The summed E-state index contributed by atoms with van der Waals surface area (Å²) >= 11 is 0. The Morgan fingerprint density at radius 1 is 1.21 bits per heavy atom. The topological polar surface area (TPSA) is 66.6 Å². The summed E-state index contributed by atoms with van der Waals surface area (Å²) in [4.78, 5) is 2.37. The molecule has 112 valence electrons. The molecule has 2 atom stereocenters. The monoisotopic (exact) mass is 289 g/mol. The fourth-order valence-corrected chi connectivity index (χ4v) is 4.15. The van der Waals surface area contributed by atoms with E-state index in [1.807, 2.05) is 0 Å². The summed E-state index contributed by atoms with van der Waals surface area (Å²) in [5.74, 6) is 0.555. The average molecular weight is 289 g/mol. The fourth-order valence-electron chi connectivity index (χ4n) is 3.32. The van der Waals surface area contributed by atoms with Crippen LogP contribution in [-0.4, -0.2) is 62.6 Å². The van der Waals surface area contributed by atoms with Crippen LogP contribution in [0.25, 0.3) is 0 Å². The molecule has 6 heteroatoms. The third-order valence-electron chi connectivity index (χ3n) is 4.86. The molecule has 1 saturated carbocycles. The number of hydrogen-bond donors (Lipinski definition) is 1. The third-order valence-corrected chi connectivity index (χ3v) is 6.17. The molecule has 5 nitrogen and oxygen atoms in total. The van der Waals surface area contributed by atoms with Crippen molar-refractivity contribution < 1.29 is 8.42 Å². The number of nitrogens with two attached hydrogens (primary N) is 1. The molecule has 0 bridgehead atoms. The molecule has 0 amide bonds. The second-order valence-corrected chi connectivity index (χ2v) is 8.76. The maximum Gasteiger partial charge on any atom is 0.211 e. The molecule has 2 aliphatic rings. The molecular weight excluding hydrogens is 262 g/mol. The fraction of sp³-hybridized carbons (Fsp3) is 1.00. The maximum absolute atomic E-state index is 11.5. The van der Waals surface area contributed by atoms with Gasteiger partial charge in [0.15, 0.2) is 0 Å². The van der Waals surface area contributed by atoms with E-state index < -0.39 is 10.0 Å². The normalized spacial score (nSPS) is 33.7. The van der Waals surface area contributed by atoms with Crippen LogP contribution in [0.15, 0.2) is 0 Å². The summed E-state index contributed by atoms with van der Waals surface area (Å²) in [5, 5.41) is 0. The Kier molecular flexibility index (Phi) is 4.26. The van der Waals surface area contributed by atoms with E-state index >= 15 is 0 Å². The Balaban J connectivity index is 1.84. The SMILES string of the molecule is CC1(C)CCC(CN2CCN(S(C)(=O)=O)CC2)C1N. The molecule has 2 rings (SSSR count). The highest BCUT2D eigenvalue weighted by atomic mass is 32.2. The summed E-state index contributed by atoms with van der Waals surface area (Å²) in [6.45, 7) is 8.41. The summed E-state index contributed by atoms with van der Waals surface area (Å²) in [5.41, 5.74) is 6.59. The smallest absolute Gasteiger partial charge is 0.211 e. The minimum absolute atomic E-state index is 0.249. The standard InChI is InChI=1S/C13H27N3O2S/c1-13(2)5-4-11(12(13)14)10-15-6-8-16(9-7-15)19(3,17)18/h11-12H,4-10,14H2,1-3H3. The zero-order chi connectivity index (χ0) is 14.3. The van der Waals surface area contributed by atoms with E-state index in [2.05, 4.69) is 18.7 Å². The molecule has 2 unspecified atom stereocenters. The quantitative estimate of drug-likeness (QED) is 0.813. The maximum atomic E-state index is 11.5. The Morgan fingerprint density at radius 2 is 1.79 bits per heavy atom. The Morgan fingerprint density at radius 3 is 2.21 bits per heavy atom. The molecule has 2 N–H and O–H groups in total. The average Bonchev–Trinajstić information content (AvgIpc) is 2.56. The third kappa shape index (κ3) is 3.48. The highest BCUT2D eigenvalue weighted by molar-refractivity contribution is 7.88. The van der Waals surface area contributed by atoms with Gasteiger partial charge in [-0.1, -0.05) is 13.8 Å². The van der Waals surface area contributed by atoms with Crippen molar-refractivity contribution in [3.63, 3.8) is 0 Å². The molecule has 0 aromatic rings. The van der Waals surface area contributed by atoms with E-state index in [1.165, 1.54) is 19.1 Å². The van der Waals surface area contributed by atoms with Crippen LogP contribution < -0.4 is 5.73 Å². The molecule has 0 radical (unpaired) electrons. The number of piperazine rings is 1. The summed E-state index contributed by atoms with van der Waals surface area (Å²) in [6, 6.07) is 0.264. The van der Waals surface area contributed by atoms with Crippen LogP contribution in [-0.2, 0) is 10.0 Å². The first-order chi connectivity index (χ1) is 8.70. The van der Waals surface area contributed by atoms with Crippen molar-refractivity contribution in [3.8, 4) is 0 Å². The van der Waals surface area contributed by atoms with Crippen molar-refractivity contribution in [3.05, 3.63) is 0 Å². The van der Waals surface area contributed by atoms with Crippen molar-refractivity contribution in [1.82, 2.24) is 9.21 Å². The van der Waals surface area contributed by atoms with Crippen molar-refractivity contribution in [1.29, 1.82) is 0 Å². The molecule has 1 saturated heterocycles. The summed E-state index contributed by atoms with van der Waals surface area (Å²) < 4.78 is 24.5. The van der Waals surface area contributed by atoms with Crippen LogP contribution in [0, 0.1) is 11.3 Å². The lowest BCUT2D eigenvalue weighted by Crippen LogP contribution is -2.51. The predicted molar refractivity (Wildman–Crippen MR) is 77.3 cm³/mol. The molecule has 0 aromatic heterocycles.